The van der Waals surface area contributed by atoms with E-state index in [1.54, 1.807) is 0 Å². The maximum Gasteiger partial charge on any atom is 0.330 e. The van der Waals surface area contributed by atoms with Crippen molar-refractivity contribution in [3.63, 3.8) is 0 Å². The van der Waals surface area contributed by atoms with Gasteiger partial charge in [0.1, 0.15) is 0 Å². The van der Waals surface area contributed by atoms with Gasteiger partial charge in [0.05, 0.1) is 14.7 Å². The molecule has 17 heavy (non-hydrogen) atoms. The molecule has 0 atom stereocenters. The van der Waals surface area contributed by atoms with Crippen LogP contribution in [-0.4, -0.2) is 20.7 Å². The summed E-state index contributed by atoms with van der Waals surface area (Å²) in [5, 5.41) is 0. The molecule has 0 rings (SSSR count). The van der Waals surface area contributed by atoms with Crippen LogP contribution in [-0.2, 0) is 9.53 Å². The van der Waals surface area contributed by atoms with E-state index >= 15 is 0 Å². The van der Waals surface area contributed by atoms with Crippen LogP contribution in [0.3, 0.4) is 0 Å². The third-order valence-corrected chi connectivity index (χ3v) is 11.7. The zero-order chi connectivity index (χ0) is 13.6. The summed E-state index contributed by atoms with van der Waals surface area (Å²) in [5.41, 5.74) is 2.14. The highest BCUT2D eigenvalue weighted by atomic mass is 28.3. The molecular weight excluding hydrogens is 228 g/mol. The fourth-order valence-electron chi connectivity index (χ4n) is 3.25. The molecule has 0 heterocycles. The molecule has 0 amide bonds. The second kappa shape index (κ2) is 6.99. The average molecular weight is 256 g/mol. The van der Waals surface area contributed by atoms with Gasteiger partial charge in [0, 0.05) is 6.08 Å². The average Bonchev–Trinajstić information content (AvgIpc) is 2.22. The molecule has 0 aromatic heterocycles. The van der Waals surface area contributed by atoms with Gasteiger partial charge in [-0.3, -0.25) is 0 Å². The monoisotopic (exact) mass is 256 g/mol. The molecule has 0 fully saturated rings. The van der Waals surface area contributed by atoms with Gasteiger partial charge in [-0.2, -0.15) is 0 Å². The van der Waals surface area contributed by atoms with Gasteiger partial charge in [-0.1, -0.05) is 64.7 Å². The summed E-state index contributed by atoms with van der Waals surface area (Å²) in [6.45, 7) is 17.9. The molecule has 0 N–H and O–H groups in total. The summed E-state index contributed by atoms with van der Waals surface area (Å²) >= 11 is 0. The fraction of sp³-hybridized carbons (Fsp3) is 0.786. The van der Waals surface area contributed by atoms with Gasteiger partial charge in [0.15, 0.2) is 0 Å². The Hall–Kier alpha value is -0.573. The van der Waals surface area contributed by atoms with Crippen molar-refractivity contribution >= 4 is 14.0 Å². The molecular formula is C14H28O2Si. The molecule has 0 bridgehead atoms. The maximum absolute atomic E-state index is 11.1. The lowest BCUT2D eigenvalue weighted by molar-refractivity contribution is -0.137. The zero-order valence-corrected chi connectivity index (χ0v) is 13.2. The third kappa shape index (κ3) is 3.98. The number of hydrogen-bond donors (Lipinski definition) is 0. The number of carbonyl (C=O) groups is 1. The van der Waals surface area contributed by atoms with Gasteiger partial charge in [0.2, 0.25) is 0 Å². The molecule has 0 aliphatic rings. The minimum absolute atomic E-state index is 0.302. The van der Waals surface area contributed by atoms with E-state index in [1.165, 1.54) is 6.08 Å². The predicted octanol–water partition coefficient (Wildman–Crippen LogP) is 4.39. The van der Waals surface area contributed by atoms with E-state index in [-0.39, 0.29) is 5.97 Å². The van der Waals surface area contributed by atoms with Gasteiger partial charge >= 0.3 is 5.97 Å². The predicted molar refractivity (Wildman–Crippen MR) is 77.0 cm³/mol. The summed E-state index contributed by atoms with van der Waals surface area (Å²) in [6, 6.07) is 1.06. The first-order valence-electron chi connectivity index (χ1n) is 6.58. The van der Waals surface area contributed by atoms with Crippen molar-refractivity contribution in [2.24, 2.45) is 0 Å². The molecule has 3 heteroatoms. The quantitative estimate of drug-likeness (QED) is 0.383. The molecule has 0 radical (unpaired) electrons. The van der Waals surface area contributed by atoms with Gasteiger partial charge in [-0.05, 0) is 6.04 Å². The van der Waals surface area contributed by atoms with Crippen molar-refractivity contribution < 1.29 is 9.53 Å². The highest BCUT2D eigenvalue weighted by molar-refractivity contribution is 6.83. The molecule has 100 valence electrons. The van der Waals surface area contributed by atoms with Crippen molar-refractivity contribution in [2.45, 2.75) is 64.2 Å². The Morgan fingerprint density at radius 1 is 1.12 bits per heavy atom. The number of esters is 1. The van der Waals surface area contributed by atoms with E-state index in [1.807, 2.05) is 0 Å². The Labute approximate surface area is 107 Å². The molecule has 0 aromatic rings. The summed E-state index contributed by atoms with van der Waals surface area (Å²) in [4.78, 5) is 11.1. The number of rotatable bonds is 7. The Kier molecular flexibility index (Phi) is 6.76. The second-order valence-corrected chi connectivity index (χ2v) is 11.9. The second-order valence-electron chi connectivity index (χ2n) is 5.70. The van der Waals surface area contributed by atoms with E-state index in [9.17, 15) is 4.79 Å². The first-order valence-corrected chi connectivity index (χ1v) is 9.02. The molecule has 0 saturated heterocycles. The van der Waals surface area contributed by atoms with Crippen molar-refractivity contribution in [3.8, 4) is 0 Å². The van der Waals surface area contributed by atoms with Crippen LogP contribution in [0.15, 0.2) is 12.7 Å². The molecule has 0 aliphatic heterocycles. The van der Waals surface area contributed by atoms with Crippen LogP contribution in [0.5, 0.6) is 0 Å². The normalized spacial score (nSPS) is 12.3. The molecule has 0 saturated carbocycles. The van der Waals surface area contributed by atoms with E-state index in [4.69, 9.17) is 4.74 Å². The Morgan fingerprint density at radius 3 is 1.82 bits per heavy atom. The van der Waals surface area contributed by atoms with E-state index in [2.05, 4.69) is 48.1 Å². The SMILES string of the molecule is C=CC(=O)OCC[Si](C(C)C)(C(C)C)C(C)C. The minimum atomic E-state index is -1.42. The summed E-state index contributed by atoms with van der Waals surface area (Å²) in [6.07, 6.45) is 1.24. The Morgan fingerprint density at radius 2 is 1.53 bits per heavy atom. The summed E-state index contributed by atoms with van der Waals surface area (Å²) < 4.78 is 5.17. The molecule has 2 nitrogen and oxygen atoms in total. The van der Waals surface area contributed by atoms with Crippen LogP contribution in [0.4, 0.5) is 0 Å². The van der Waals surface area contributed by atoms with Crippen molar-refractivity contribution in [3.05, 3.63) is 12.7 Å². The smallest absolute Gasteiger partial charge is 0.330 e. The highest BCUT2D eigenvalue weighted by Crippen LogP contribution is 2.44. The number of hydrogen-bond acceptors (Lipinski definition) is 2. The molecule has 0 unspecified atom stereocenters. The van der Waals surface area contributed by atoms with E-state index < -0.39 is 8.07 Å². The van der Waals surface area contributed by atoms with Gasteiger partial charge < -0.3 is 4.74 Å². The standard InChI is InChI=1S/C14H28O2Si/c1-8-14(15)16-9-10-17(11(2)3,12(4)5)13(6)7/h8,11-13H,1,9-10H2,2-7H3. The first kappa shape index (κ1) is 16.4. The van der Waals surface area contributed by atoms with Gasteiger partial charge in [-0.25, -0.2) is 4.79 Å². The fourth-order valence-corrected chi connectivity index (χ4v) is 9.44. The first-order chi connectivity index (χ1) is 7.78. The largest absolute Gasteiger partial charge is 0.463 e. The lowest BCUT2D eigenvalue weighted by Crippen LogP contribution is -2.45. The van der Waals surface area contributed by atoms with Gasteiger partial charge in [0.25, 0.3) is 0 Å². The third-order valence-electron chi connectivity index (χ3n) is 4.17. The van der Waals surface area contributed by atoms with Gasteiger partial charge in [-0.15, -0.1) is 0 Å². The maximum atomic E-state index is 11.1. The molecule has 0 aliphatic carbocycles. The van der Waals surface area contributed by atoms with Crippen molar-refractivity contribution in [1.82, 2.24) is 0 Å². The Bertz CT molecular complexity index is 235. The van der Waals surface area contributed by atoms with Crippen LogP contribution < -0.4 is 0 Å². The highest BCUT2D eigenvalue weighted by Gasteiger charge is 2.42. The number of ether oxygens (including phenoxy) is 1. The molecule has 0 spiro atoms. The van der Waals surface area contributed by atoms with Crippen LogP contribution >= 0.6 is 0 Å². The van der Waals surface area contributed by atoms with E-state index in [0.717, 1.165) is 6.04 Å². The van der Waals surface area contributed by atoms with Crippen LogP contribution in [0.1, 0.15) is 41.5 Å². The lowest BCUT2D eigenvalue weighted by atomic mass is 10.5. The molecule has 0 aromatic carbocycles. The topological polar surface area (TPSA) is 26.3 Å². The van der Waals surface area contributed by atoms with Crippen LogP contribution in [0.25, 0.3) is 0 Å². The summed E-state index contributed by atoms with van der Waals surface area (Å²) in [7, 11) is -1.42. The minimum Gasteiger partial charge on any atom is -0.463 e. The zero-order valence-electron chi connectivity index (χ0n) is 12.2. The van der Waals surface area contributed by atoms with Crippen molar-refractivity contribution in [2.75, 3.05) is 6.61 Å². The van der Waals surface area contributed by atoms with Crippen LogP contribution in [0.2, 0.25) is 22.7 Å². The Balaban J connectivity index is 4.70. The van der Waals surface area contributed by atoms with Crippen molar-refractivity contribution in [1.29, 1.82) is 0 Å². The van der Waals surface area contributed by atoms with Crippen LogP contribution in [0, 0.1) is 0 Å². The summed E-state index contributed by atoms with van der Waals surface area (Å²) in [5.74, 6) is -0.302. The number of carbonyl (C=O) groups excluding carboxylic acids is 1. The lowest BCUT2D eigenvalue weighted by Gasteiger charge is -2.43. The van der Waals surface area contributed by atoms with E-state index in [0.29, 0.717) is 23.2 Å².